The average Bonchev–Trinajstić information content (AvgIpc) is 2.81. The van der Waals surface area contributed by atoms with Gasteiger partial charge in [-0.1, -0.05) is 23.1 Å². The van der Waals surface area contributed by atoms with Crippen LogP contribution in [0.1, 0.15) is 0 Å². The molecule has 0 aliphatic carbocycles. The van der Waals surface area contributed by atoms with E-state index >= 15 is 0 Å². The molecule has 8 nitrogen and oxygen atoms in total. The molecule has 2 N–H and O–H groups in total. The standard InChI is InChI=1S/C9H15N5O3S3/c1-20(16,17)14-4-2-13(3-5-14)7(15)6-18-9-12-11-8(10)19-9/h2-6H2,1H3,(H2,10,11). The van der Waals surface area contributed by atoms with Crippen molar-refractivity contribution >= 4 is 44.2 Å². The van der Waals surface area contributed by atoms with Crippen molar-refractivity contribution in [2.24, 2.45) is 0 Å². The predicted molar refractivity (Wildman–Crippen MR) is 78.0 cm³/mol. The summed E-state index contributed by atoms with van der Waals surface area (Å²) in [4.78, 5) is 13.7. The van der Waals surface area contributed by atoms with Crippen molar-refractivity contribution in [3.8, 4) is 0 Å². The number of amides is 1. The van der Waals surface area contributed by atoms with Gasteiger partial charge in [-0.3, -0.25) is 4.79 Å². The Morgan fingerprint density at radius 3 is 2.50 bits per heavy atom. The molecule has 20 heavy (non-hydrogen) atoms. The molecule has 1 saturated heterocycles. The third-order valence-electron chi connectivity index (χ3n) is 2.80. The molecule has 1 aromatic heterocycles. The van der Waals surface area contributed by atoms with Crippen LogP contribution in [0, 0.1) is 0 Å². The monoisotopic (exact) mass is 337 g/mol. The van der Waals surface area contributed by atoms with E-state index < -0.39 is 10.0 Å². The molecule has 0 spiro atoms. The van der Waals surface area contributed by atoms with Gasteiger partial charge in [0.15, 0.2) is 4.34 Å². The van der Waals surface area contributed by atoms with E-state index in [-0.39, 0.29) is 11.7 Å². The van der Waals surface area contributed by atoms with E-state index in [0.29, 0.717) is 35.7 Å². The minimum Gasteiger partial charge on any atom is -0.374 e. The second-order valence-corrected chi connectivity index (χ2v) is 8.45. The lowest BCUT2D eigenvalue weighted by atomic mass is 10.3. The Hall–Kier alpha value is -0.910. The van der Waals surface area contributed by atoms with Gasteiger partial charge in [0, 0.05) is 26.2 Å². The zero-order chi connectivity index (χ0) is 14.8. The Kier molecular flexibility index (Phi) is 4.83. The van der Waals surface area contributed by atoms with E-state index in [1.807, 2.05) is 0 Å². The number of carbonyl (C=O) groups excluding carboxylic acids is 1. The van der Waals surface area contributed by atoms with Crippen molar-refractivity contribution in [2.75, 3.05) is 43.9 Å². The topological polar surface area (TPSA) is 109 Å². The number of piperazine rings is 1. The molecule has 1 aromatic rings. The third kappa shape index (κ3) is 4.04. The molecule has 1 aliphatic heterocycles. The van der Waals surface area contributed by atoms with Gasteiger partial charge in [0.1, 0.15) is 0 Å². The number of nitrogens with two attached hydrogens (primary N) is 1. The second-order valence-electron chi connectivity index (χ2n) is 4.24. The van der Waals surface area contributed by atoms with Crippen molar-refractivity contribution in [1.82, 2.24) is 19.4 Å². The maximum absolute atomic E-state index is 12.0. The van der Waals surface area contributed by atoms with Crippen molar-refractivity contribution in [3.05, 3.63) is 0 Å². The number of rotatable bonds is 4. The summed E-state index contributed by atoms with van der Waals surface area (Å²) in [6, 6.07) is 0. The summed E-state index contributed by atoms with van der Waals surface area (Å²) in [5.74, 6) is 0.227. The minimum absolute atomic E-state index is 0.0306. The van der Waals surface area contributed by atoms with Crippen molar-refractivity contribution in [3.63, 3.8) is 0 Å². The number of sulfonamides is 1. The molecule has 0 unspecified atom stereocenters. The lowest BCUT2D eigenvalue weighted by Crippen LogP contribution is -2.50. The first-order chi connectivity index (χ1) is 9.36. The van der Waals surface area contributed by atoms with Gasteiger partial charge in [-0.05, 0) is 0 Å². The van der Waals surface area contributed by atoms with Crippen LogP contribution >= 0.6 is 23.1 Å². The highest BCUT2D eigenvalue weighted by atomic mass is 32.2. The van der Waals surface area contributed by atoms with Crippen LogP contribution in [0.4, 0.5) is 5.13 Å². The van der Waals surface area contributed by atoms with Crippen LogP contribution in [0.25, 0.3) is 0 Å². The SMILES string of the molecule is CS(=O)(=O)N1CCN(C(=O)CSc2nnc(N)s2)CC1. The van der Waals surface area contributed by atoms with Gasteiger partial charge in [-0.15, -0.1) is 10.2 Å². The summed E-state index contributed by atoms with van der Waals surface area (Å²) in [6.45, 7) is 1.54. The minimum atomic E-state index is -3.17. The van der Waals surface area contributed by atoms with Gasteiger partial charge >= 0.3 is 0 Å². The number of hydrogen-bond acceptors (Lipinski definition) is 8. The summed E-state index contributed by atoms with van der Waals surface area (Å²) in [6.07, 6.45) is 1.18. The summed E-state index contributed by atoms with van der Waals surface area (Å²) in [7, 11) is -3.17. The highest BCUT2D eigenvalue weighted by Crippen LogP contribution is 2.23. The number of nitrogen functional groups attached to an aromatic ring is 1. The van der Waals surface area contributed by atoms with Crippen LogP contribution in [0.3, 0.4) is 0 Å². The molecule has 0 bridgehead atoms. The summed E-state index contributed by atoms with van der Waals surface area (Å²) in [5, 5.41) is 7.87. The van der Waals surface area contributed by atoms with Gasteiger partial charge < -0.3 is 10.6 Å². The van der Waals surface area contributed by atoms with E-state index in [4.69, 9.17) is 5.73 Å². The number of anilines is 1. The molecule has 112 valence electrons. The van der Waals surface area contributed by atoms with Crippen LogP contribution in [0.15, 0.2) is 4.34 Å². The number of nitrogens with zero attached hydrogens (tertiary/aromatic N) is 4. The van der Waals surface area contributed by atoms with E-state index in [2.05, 4.69) is 10.2 Å². The maximum atomic E-state index is 12.0. The normalized spacial score (nSPS) is 17.4. The largest absolute Gasteiger partial charge is 0.374 e. The Bertz CT molecular complexity index is 579. The Balaban J connectivity index is 1.80. The predicted octanol–water partition coefficient (Wildman–Crippen LogP) is -0.684. The Labute approximate surface area is 125 Å². The molecule has 1 amide bonds. The average molecular weight is 337 g/mol. The fourth-order valence-electron chi connectivity index (χ4n) is 1.76. The van der Waals surface area contributed by atoms with Crippen molar-refractivity contribution in [2.45, 2.75) is 4.34 Å². The summed E-state index contributed by atoms with van der Waals surface area (Å²) < 4.78 is 24.8. The van der Waals surface area contributed by atoms with E-state index in [9.17, 15) is 13.2 Å². The zero-order valence-corrected chi connectivity index (χ0v) is 13.3. The van der Waals surface area contributed by atoms with Gasteiger partial charge in [0.05, 0.1) is 12.0 Å². The van der Waals surface area contributed by atoms with Crippen LogP contribution in [-0.4, -0.2) is 71.9 Å². The first kappa shape index (κ1) is 15.5. The van der Waals surface area contributed by atoms with Crippen molar-refractivity contribution in [1.29, 1.82) is 0 Å². The van der Waals surface area contributed by atoms with Crippen LogP contribution < -0.4 is 5.73 Å². The number of carbonyl (C=O) groups is 1. The van der Waals surface area contributed by atoms with Gasteiger partial charge in [-0.25, -0.2) is 8.42 Å². The van der Waals surface area contributed by atoms with Gasteiger partial charge in [-0.2, -0.15) is 4.31 Å². The zero-order valence-electron chi connectivity index (χ0n) is 10.9. The first-order valence-corrected chi connectivity index (χ1v) is 9.46. The second kappa shape index (κ2) is 6.24. The molecule has 11 heteroatoms. The Morgan fingerprint density at radius 1 is 1.35 bits per heavy atom. The van der Waals surface area contributed by atoms with E-state index in [0.717, 1.165) is 0 Å². The molecule has 1 aliphatic rings. The van der Waals surface area contributed by atoms with Crippen LogP contribution in [0.5, 0.6) is 0 Å². The van der Waals surface area contributed by atoms with Crippen molar-refractivity contribution < 1.29 is 13.2 Å². The molecule has 0 radical (unpaired) electrons. The number of hydrogen-bond donors (Lipinski definition) is 1. The fraction of sp³-hybridized carbons (Fsp3) is 0.667. The molecule has 0 atom stereocenters. The molecular formula is C9H15N5O3S3. The van der Waals surface area contributed by atoms with E-state index in [1.165, 1.54) is 33.7 Å². The molecule has 1 fully saturated rings. The maximum Gasteiger partial charge on any atom is 0.233 e. The Morgan fingerprint density at radius 2 is 2.00 bits per heavy atom. The molecule has 0 aromatic carbocycles. The number of thioether (sulfide) groups is 1. The molecule has 2 rings (SSSR count). The third-order valence-corrected chi connectivity index (χ3v) is 5.98. The lowest BCUT2D eigenvalue weighted by Gasteiger charge is -2.33. The fourth-order valence-corrected chi connectivity index (χ4v) is 4.13. The van der Waals surface area contributed by atoms with Gasteiger partial charge in [0.2, 0.25) is 21.1 Å². The molecule has 0 saturated carbocycles. The summed E-state index contributed by atoms with van der Waals surface area (Å²) in [5.41, 5.74) is 5.46. The smallest absolute Gasteiger partial charge is 0.233 e. The highest BCUT2D eigenvalue weighted by molar-refractivity contribution is 8.01. The van der Waals surface area contributed by atoms with Crippen LogP contribution in [-0.2, 0) is 14.8 Å². The molecular weight excluding hydrogens is 322 g/mol. The van der Waals surface area contributed by atoms with Gasteiger partial charge in [0.25, 0.3) is 0 Å². The summed E-state index contributed by atoms with van der Waals surface area (Å²) >= 11 is 2.53. The molecule has 2 heterocycles. The quantitative estimate of drug-likeness (QED) is 0.725. The lowest BCUT2D eigenvalue weighted by molar-refractivity contribution is -0.129. The van der Waals surface area contributed by atoms with E-state index in [1.54, 1.807) is 4.90 Å². The number of aromatic nitrogens is 2. The first-order valence-electron chi connectivity index (χ1n) is 5.81. The van der Waals surface area contributed by atoms with Crippen LogP contribution in [0.2, 0.25) is 0 Å². The highest BCUT2D eigenvalue weighted by Gasteiger charge is 2.25.